The Morgan fingerprint density at radius 3 is 2.33 bits per heavy atom. The summed E-state index contributed by atoms with van der Waals surface area (Å²) in [6, 6.07) is 0.373. The van der Waals surface area contributed by atoms with Gasteiger partial charge < -0.3 is 10.3 Å². The molecule has 27 heavy (non-hydrogen) atoms. The SMILES string of the molecule is CC(Sc1nnc(C(C)C)n1C1CC1)C(=O)c1c(N)n(C)c(=O)n(C)c1=O. The van der Waals surface area contributed by atoms with Crippen LogP contribution in [0.2, 0.25) is 0 Å². The van der Waals surface area contributed by atoms with Crippen molar-refractivity contribution < 1.29 is 4.79 Å². The van der Waals surface area contributed by atoms with Gasteiger partial charge in [-0.2, -0.15) is 0 Å². The molecule has 3 rings (SSSR count). The fourth-order valence-electron chi connectivity index (χ4n) is 2.94. The lowest BCUT2D eigenvalue weighted by Gasteiger charge is -2.15. The van der Waals surface area contributed by atoms with Crippen molar-refractivity contribution in [3.63, 3.8) is 0 Å². The number of Topliss-reactive ketones (excluding diaryl/α,β-unsaturated/α-hetero) is 1. The summed E-state index contributed by atoms with van der Waals surface area (Å²) in [4.78, 5) is 37.3. The number of hydrogen-bond donors (Lipinski definition) is 1. The van der Waals surface area contributed by atoms with E-state index in [0.717, 1.165) is 27.8 Å². The molecule has 2 N–H and O–H groups in total. The Bertz CT molecular complexity index is 1010. The van der Waals surface area contributed by atoms with Crippen molar-refractivity contribution in [2.45, 2.75) is 56.0 Å². The van der Waals surface area contributed by atoms with Crippen LogP contribution in [0.4, 0.5) is 5.82 Å². The number of carbonyl (C=O) groups excluding carboxylic acids is 1. The molecular weight excluding hydrogens is 368 g/mol. The molecule has 2 heterocycles. The minimum atomic E-state index is -0.681. The van der Waals surface area contributed by atoms with Gasteiger partial charge in [-0.15, -0.1) is 10.2 Å². The van der Waals surface area contributed by atoms with Crippen LogP contribution in [-0.4, -0.2) is 34.9 Å². The number of nitrogen functional groups attached to an aromatic ring is 1. The molecule has 1 unspecified atom stereocenters. The largest absolute Gasteiger partial charge is 0.384 e. The third-order valence-electron chi connectivity index (χ3n) is 4.73. The van der Waals surface area contributed by atoms with E-state index in [1.54, 1.807) is 6.92 Å². The summed E-state index contributed by atoms with van der Waals surface area (Å²) >= 11 is 1.26. The predicted molar refractivity (Wildman–Crippen MR) is 103 cm³/mol. The van der Waals surface area contributed by atoms with E-state index in [0.29, 0.717) is 11.2 Å². The second-order valence-corrected chi connectivity index (χ2v) is 8.49. The molecule has 1 fully saturated rings. The molecule has 1 saturated carbocycles. The van der Waals surface area contributed by atoms with Crippen LogP contribution in [0.5, 0.6) is 0 Å². The van der Waals surface area contributed by atoms with Gasteiger partial charge in [-0.25, -0.2) is 4.79 Å². The van der Waals surface area contributed by atoms with Crippen molar-refractivity contribution in [1.29, 1.82) is 0 Å². The zero-order chi connectivity index (χ0) is 20.0. The molecular formula is C17H24N6O3S. The van der Waals surface area contributed by atoms with Crippen LogP contribution in [0.15, 0.2) is 14.7 Å². The topological polar surface area (TPSA) is 118 Å². The van der Waals surface area contributed by atoms with Crippen molar-refractivity contribution in [2.75, 3.05) is 5.73 Å². The lowest BCUT2D eigenvalue weighted by atomic mass is 10.1. The maximum atomic E-state index is 13.0. The van der Waals surface area contributed by atoms with Gasteiger partial charge in [0.25, 0.3) is 5.56 Å². The van der Waals surface area contributed by atoms with Gasteiger partial charge in [0.15, 0.2) is 10.9 Å². The van der Waals surface area contributed by atoms with Gasteiger partial charge in [0.1, 0.15) is 17.2 Å². The molecule has 0 radical (unpaired) electrons. The second kappa shape index (κ2) is 6.99. The molecule has 0 aliphatic heterocycles. The Morgan fingerprint density at radius 2 is 1.78 bits per heavy atom. The number of nitrogens with zero attached hydrogens (tertiary/aromatic N) is 5. The highest BCUT2D eigenvalue weighted by atomic mass is 32.2. The first-order valence-electron chi connectivity index (χ1n) is 8.86. The van der Waals surface area contributed by atoms with Crippen LogP contribution in [0.3, 0.4) is 0 Å². The molecule has 2 aromatic rings. The summed E-state index contributed by atoms with van der Waals surface area (Å²) < 4.78 is 4.10. The third kappa shape index (κ3) is 3.33. The van der Waals surface area contributed by atoms with Crippen LogP contribution in [0, 0.1) is 0 Å². The monoisotopic (exact) mass is 392 g/mol. The second-order valence-electron chi connectivity index (χ2n) is 7.19. The van der Waals surface area contributed by atoms with E-state index in [9.17, 15) is 14.4 Å². The Kier molecular flexibility index (Phi) is 5.02. The third-order valence-corrected chi connectivity index (χ3v) is 5.78. The molecule has 2 aromatic heterocycles. The van der Waals surface area contributed by atoms with Crippen LogP contribution in [0.1, 0.15) is 61.8 Å². The summed E-state index contributed by atoms with van der Waals surface area (Å²) in [6.07, 6.45) is 2.14. The summed E-state index contributed by atoms with van der Waals surface area (Å²) in [5.74, 6) is 0.583. The highest BCUT2D eigenvalue weighted by molar-refractivity contribution is 8.00. The average molecular weight is 392 g/mol. The molecule has 0 amide bonds. The van der Waals surface area contributed by atoms with Gasteiger partial charge >= 0.3 is 5.69 Å². The molecule has 1 aliphatic rings. The minimum absolute atomic E-state index is 0.118. The number of anilines is 1. The number of aromatic nitrogens is 5. The van der Waals surface area contributed by atoms with Gasteiger partial charge in [0, 0.05) is 26.1 Å². The summed E-state index contributed by atoms with van der Waals surface area (Å²) in [5.41, 5.74) is 4.49. The zero-order valence-corrected chi connectivity index (χ0v) is 16.9. The van der Waals surface area contributed by atoms with Gasteiger partial charge in [-0.05, 0) is 19.8 Å². The molecule has 0 bridgehead atoms. The summed E-state index contributed by atoms with van der Waals surface area (Å²) in [6.45, 7) is 5.82. The van der Waals surface area contributed by atoms with Crippen LogP contribution in [-0.2, 0) is 14.1 Å². The first-order chi connectivity index (χ1) is 12.6. The van der Waals surface area contributed by atoms with E-state index >= 15 is 0 Å². The minimum Gasteiger partial charge on any atom is -0.384 e. The molecule has 9 nitrogen and oxygen atoms in total. The molecule has 1 atom stereocenters. The summed E-state index contributed by atoms with van der Waals surface area (Å²) in [5, 5.41) is 8.62. The number of carbonyl (C=O) groups is 1. The first kappa shape index (κ1) is 19.4. The van der Waals surface area contributed by atoms with Gasteiger partial charge in [-0.1, -0.05) is 25.6 Å². The Balaban J connectivity index is 1.95. The molecule has 10 heteroatoms. The fraction of sp³-hybridized carbons (Fsp3) is 0.588. The van der Waals surface area contributed by atoms with Crippen molar-refractivity contribution in [3.05, 3.63) is 32.2 Å². The molecule has 0 spiro atoms. The first-order valence-corrected chi connectivity index (χ1v) is 9.74. The quantitative estimate of drug-likeness (QED) is 0.577. The molecule has 1 aliphatic carbocycles. The van der Waals surface area contributed by atoms with Crippen molar-refractivity contribution in [1.82, 2.24) is 23.9 Å². The zero-order valence-electron chi connectivity index (χ0n) is 16.1. The lowest BCUT2D eigenvalue weighted by Crippen LogP contribution is -2.42. The highest BCUT2D eigenvalue weighted by Gasteiger charge is 2.33. The van der Waals surface area contributed by atoms with Gasteiger partial charge in [0.05, 0.1) is 5.25 Å². The smallest absolute Gasteiger partial charge is 0.332 e. The van der Waals surface area contributed by atoms with E-state index in [4.69, 9.17) is 5.73 Å². The fourth-order valence-corrected chi connectivity index (χ4v) is 3.93. The normalized spacial score (nSPS) is 15.3. The highest BCUT2D eigenvalue weighted by Crippen LogP contribution is 2.41. The average Bonchev–Trinajstić information content (AvgIpc) is 3.38. The molecule has 0 saturated heterocycles. The number of hydrogen-bond acceptors (Lipinski definition) is 7. The molecule has 146 valence electrons. The van der Waals surface area contributed by atoms with Crippen LogP contribution in [0.25, 0.3) is 0 Å². The Hall–Kier alpha value is -2.36. The number of ketones is 1. The number of rotatable bonds is 6. The van der Waals surface area contributed by atoms with Crippen LogP contribution >= 0.6 is 11.8 Å². The number of thioether (sulfide) groups is 1. The van der Waals surface area contributed by atoms with Crippen molar-refractivity contribution in [2.24, 2.45) is 14.1 Å². The maximum Gasteiger partial charge on any atom is 0.332 e. The van der Waals surface area contributed by atoms with E-state index < -0.39 is 22.3 Å². The standard InChI is InChI=1S/C17H24N6O3S/c1-8(2)14-19-20-16(23(14)10-6-7-10)27-9(3)12(24)11-13(18)21(4)17(26)22(5)15(11)25/h8-10H,6-7,18H2,1-5H3. The van der Waals surface area contributed by atoms with Crippen LogP contribution < -0.4 is 17.0 Å². The van der Waals surface area contributed by atoms with E-state index in [2.05, 4.69) is 28.6 Å². The Labute approximate surface area is 160 Å². The Morgan fingerprint density at radius 1 is 1.15 bits per heavy atom. The molecule has 0 aromatic carbocycles. The lowest BCUT2D eigenvalue weighted by molar-refractivity contribution is 0.0992. The van der Waals surface area contributed by atoms with Crippen molar-refractivity contribution in [3.8, 4) is 0 Å². The van der Waals surface area contributed by atoms with E-state index in [1.165, 1.54) is 25.9 Å². The number of nitrogens with two attached hydrogens (primary N) is 1. The van der Waals surface area contributed by atoms with Gasteiger partial charge in [0.2, 0.25) is 0 Å². The maximum absolute atomic E-state index is 13.0. The van der Waals surface area contributed by atoms with Crippen molar-refractivity contribution >= 4 is 23.4 Å². The van der Waals surface area contributed by atoms with Gasteiger partial charge in [-0.3, -0.25) is 18.7 Å². The predicted octanol–water partition coefficient (Wildman–Crippen LogP) is 1.08. The summed E-state index contributed by atoms with van der Waals surface area (Å²) in [7, 11) is 2.77. The van der Waals surface area contributed by atoms with E-state index in [-0.39, 0.29) is 17.3 Å². The van der Waals surface area contributed by atoms with E-state index in [1.807, 2.05) is 0 Å².